The smallest absolute Gasteiger partial charge is 0.243 e. The maximum atomic E-state index is 14.6. The number of aromatic nitrogens is 4. The third-order valence-corrected chi connectivity index (χ3v) is 18.1. The lowest BCUT2D eigenvalue weighted by Crippen LogP contribution is -2.54. The Bertz CT molecular complexity index is 2940. The number of amides is 2. The number of fused-ring (bicyclic) bond motifs is 2. The maximum absolute atomic E-state index is 14.6. The first kappa shape index (κ1) is 53.1. The quantitative estimate of drug-likeness (QED) is 0.0709. The number of carbonyl (C=O) groups is 2. The second-order valence-corrected chi connectivity index (χ2v) is 24.0. The Labute approximate surface area is 461 Å². The molecule has 3 aromatic heterocycles. The minimum absolute atomic E-state index is 0.0610. The summed E-state index contributed by atoms with van der Waals surface area (Å²) in [6, 6.07) is 21.8. The van der Waals surface area contributed by atoms with Gasteiger partial charge in [0.1, 0.15) is 29.5 Å². The van der Waals surface area contributed by atoms with Crippen molar-refractivity contribution in [3.63, 3.8) is 0 Å². The van der Waals surface area contributed by atoms with Gasteiger partial charge < -0.3 is 59.8 Å². The number of nitrogens with two attached hydrogens (primary N) is 1. The van der Waals surface area contributed by atoms with E-state index in [0.717, 1.165) is 120 Å². The van der Waals surface area contributed by atoms with Gasteiger partial charge in [0.15, 0.2) is 17.4 Å². The number of benzene rings is 2. The van der Waals surface area contributed by atoms with E-state index in [9.17, 15) is 24.2 Å². The van der Waals surface area contributed by atoms with Crippen LogP contribution < -0.4 is 30.5 Å². The Morgan fingerprint density at radius 2 is 1.58 bits per heavy atom. The molecule has 5 saturated heterocycles. The molecular weight excluding hydrogens is 1010 g/mol. The molecule has 7 aliphatic rings. The van der Waals surface area contributed by atoms with Crippen molar-refractivity contribution in [3.05, 3.63) is 95.9 Å². The van der Waals surface area contributed by atoms with Crippen LogP contribution in [0.3, 0.4) is 0 Å². The number of carbonyl (C=O) groups excluding carboxylic acids is 2. The number of aliphatic hydroxyl groups excluding tert-OH is 1. The molecule has 2 saturated carbocycles. The topological polar surface area (TPSA) is 212 Å². The van der Waals surface area contributed by atoms with Gasteiger partial charge in [0, 0.05) is 113 Å². The fourth-order valence-electron chi connectivity index (χ4n) is 13.4. The Hall–Kier alpha value is -6.57. The number of nitrogens with one attached hydrogen (secondary N) is 1. The van der Waals surface area contributed by atoms with E-state index in [1.165, 1.54) is 4.90 Å². The van der Waals surface area contributed by atoms with Crippen molar-refractivity contribution in [2.45, 2.75) is 152 Å². The summed E-state index contributed by atoms with van der Waals surface area (Å²) >= 11 is 0. The van der Waals surface area contributed by atoms with Gasteiger partial charge in [0.2, 0.25) is 17.7 Å². The highest BCUT2D eigenvalue weighted by Crippen LogP contribution is 2.49. The fourth-order valence-corrected chi connectivity index (χ4v) is 13.4. The number of piperidine rings is 2. The van der Waals surface area contributed by atoms with Crippen LogP contribution in [0, 0.1) is 11.8 Å². The van der Waals surface area contributed by atoms with Gasteiger partial charge in [-0.1, -0.05) is 55.4 Å². The molecule has 0 spiro atoms. The standard InChI is InChI=1S/C60H76FN11O7/c1-36(2)56(59(76)71-35-44(73)27-51(71)58(75)64-37(3)39-8-10-40(11-9-39)60(61)19-20-60)53-31-54(67-79-53)69-24-15-38(16-25-69)32-68-22-17-45(18-23-68)77-46-28-47(29-46)78-55-26-41(14-21-63-55)72-42-12-13-43(72)34-70(33-42)50-30-49(65-66-57(50)62)48-6-4-5-7-52(48)74/h4-11,14,21,26,30-31,36-38,42-47,51,56,73-74H,12-13,15-20,22-25,27-29,32-35H2,1-3H3,(H2,62,66)(H,64,75)/t37-,42?,43?,44+,46-,47-,51-,56+/m0/s1. The summed E-state index contributed by atoms with van der Waals surface area (Å²) in [6.45, 7) is 12.3. The molecule has 2 aromatic carbocycles. The first-order chi connectivity index (χ1) is 38.2. The number of anilines is 4. The molecule has 2 unspecified atom stereocenters. The van der Waals surface area contributed by atoms with E-state index in [1.807, 2.05) is 63.4 Å². The largest absolute Gasteiger partial charge is 0.507 e. The maximum Gasteiger partial charge on any atom is 0.243 e. The number of pyridine rings is 1. The number of hydrogen-bond donors (Lipinski definition) is 4. The zero-order chi connectivity index (χ0) is 54.5. The predicted molar refractivity (Wildman–Crippen MR) is 297 cm³/mol. The highest BCUT2D eigenvalue weighted by atomic mass is 19.1. The van der Waals surface area contributed by atoms with Crippen LogP contribution in [0.4, 0.5) is 27.4 Å². The molecule has 5 N–H and O–H groups in total. The molecule has 12 rings (SSSR count). The molecule has 0 radical (unpaired) electrons. The van der Waals surface area contributed by atoms with E-state index in [1.54, 1.807) is 24.3 Å². The minimum atomic E-state index is -1.23. The second kappa shape index (κ2) is 22.2. The third-order valence-electron chi connectivity index (χ3n) is 18.1. The molecule has 5 aromatic rings. The summed E-state index contributed by atoms with van der Waals surface area (Å²) < 4.78 is 33.6. The summed E-state index contributed by atoms with van der Waals surface area (Å²) in [5.74, 6) is 1.56. The van der Waals surface area contributed by atoms with Crippen molar-refractivity contribution in [3.8, 4) is 22.9 Å². The second-order valence-electron chi connectivity index (χ2n) is 24.0. The average Bonchev–Trinajstić information content (AvgIpc) is 3.75. The number of aromatic hydroxyl groups is 1. The van der Waals surface area contributed by atoms with Gasteiger partial charge in [-0.05, 0) is 106 Å². The fraction of sp³-hybridized carbons (Fsp3) is 0.567. The van der Waals surface area contributed by atoms with Crippen LogP contribution >= 0.6 is 0 Å². The molecular formula is C60H76FN11O7. The lowest BCUT2D eigenvalue weighted by Gasteiger charge is -2.43. The number of piperazine rings is 1. The van der Waals surface area contributed by atoms with Crippen LogP contribution in [0.2, 0.25) is 0 Å². The number of ether oxygens (including phenoxy) is 2. The van der Waals surface area contributed by atoms with Gasteiger partial charge in [0.05, 0.1) is 35.7 Å². The van der Waals surface area contributed by atoms with Crippen molar-refractivity contribution in [1.82, 2.24) is 35.5 Å². The normalized spacial score (nSPS) is 26.1. The molecule has 2 aliphatic carbocycles. The van der Waals surface area contributed by atoms with Crippen LogP contribution in [-0.4, -0.2) is 147 Å². The van der Waals surface area contributed by atoms with Crippen molar-refractivity contribution in [2.75, 3.05) is 72.8 Å². The predicted octanol–water partition coefficient (Wildman–Crippen LogP) is 7.52. The number of para-hydroxylation sites is 1. The van der Waals surface area contributed by atoms with E-state index in [4.69, 9.17) is 19.7 Å². The van der Waals surface area contributed by atoms with Gasteiger partial charge in [-0.15, -0.1) is 10.2 Å². The van der Waals surface area contributed by atoms with E-state index < -0.39 is 23.7 Å². The summed E-state index contributed by atoms with van der Waals surface area (Å²) in [7, 11) is 0. The highest BCUT2D eigenvalue weighted by Gasteiger charge is 2.46. The number of nitrogen functional groups attached to an aromatic ring is 1. The first-order valence-electron chi connectivity index (χ1n) is 29.0. The molecule has 420 valence electrons. The summed E-state index contributed by atoms with van der Waals surface area (Å²) in [4.78, 5) is 43.9. The van der Waals surface area contributed by atoms with E-state index >= 15 is 0 Å². The number of phenols is 1. The van der Waals surface area contributed by atoms with E-state index in [2.05, 4.69) is 57.4 Å². The molecule has 6 atom stereocenters. The van der Waals surface area contributed by atoms with Crippen LogP contribution in [0.5, 0.6) is 11.6 Å². The number of rotatable bonds is 17. The van der Waals surface area contributed by atoms with Crippen LogP contribution in [0.15, 0.2) is 83.5 Å². The molecule has 19 heteroatoms. The minimum Gasteiger partial charge on any atom is -0.507 e. The molecule has 18 nitrogen and oxygen atoms in total. The highest BCUT2D eigenvalue weighted by molar-refractivity contribution is 5.91. The number of aliphatic hydroxyl groups is 1. The van der Waals surface area contributed by atoms with Gasteiger partial charge in [-0.2, -0.15) is 0 Å². The lowest BCUT2D eigenvalue weighted by atomic mass is 9.91. The SMILES string of the molecule is CC(C)[C@@H](C(=O)N1C[C@H](O)C[C@H]1C(=O)N[C@@H](C)c1ccc(C2(F)CC2)cc1)c1cc(N2CCC(CN3CCC(O[C@H]4C[C@H](Oc5cc(N6C7CCC6CN(c6cc(-c8ccccc8O)nnc6N)C7)ccn5)C4)CC3)CC2)no1. The molecule has 2 amide bonds. The average molecular weight is 1080 g/mol. The number of nitrogens with zero attached hydrogens (tertiary/aromatic N) is 9. The van der Waals surface area contributed by atoms with Gasteiger partial charge >= 0.3 is 0 Å². The monoisotopic (exact) mass is 1080 g/mol. The summed E-state index contributed by atoms with van der Waals surface area (Å²) in [5, 5.41) is 37.3. The molecule has 7 fully saturated rings. The Morgan fingerprint density at radius 3 is 2.29 bits per heavy atom. The van der Waals surface area contributed by atoms with Gasteiger partial charge in [-0.25, -0.2) is 9.37 Å². The number of β-amino-alcohol motifs (C(OH)–C–C–N with tert-alkyl or cyclic N) is 1. The van der Waals surface area contributed by atoms with E-state index in [0.29, 0.717) is 65.1 Å². The summed E-state index contributed by atoms with van der Waals surface area (Å²) in [6.07, 6.45) is 10.8. The Morgan fingerprint density at radius 1 is 0.848 bits per heavy atom. The van der Waals surface area contributed by atoms with Crippen molar-refractivity contribution in [2.24, 2.45) is 11.8 Å². The number of halogens is 1. The molecule has 5 aliphatic heterocycles. The van der Waals surface area contributed by atoms with Crippen LogP contribution in [-0.2, 0) is 20.0 Å². The zero-order valence-corrected chi connectivity index (χ0v) is 45.7. The van der Waals surface area contributed by atoms with Crippen molar-refractivity contribution in [1.29, 1.82) is 0 Å². The van der Waals surface area contributed by atoms with Gasteiger partial charge in [-0.3, -0.25) is 9.59 Å². The van der Waals surface area contributed by atoms with Crippen molar-refractivity contribution >= 4 is 34.8 Å². The van der Waals surface area contributed by atoms with E-state index in [-0.39, 0.29) is 60.8 Å². The summed E-state index contributed by atoms with van der Waals surface area (Å²) in [5.41, 5.74) is 9.88. The zero-order valence-electron chi connectivity index (χ0n) is 45.7. The third kappa shape index (κ3) is 11.3. The number of phenolic OH excluding ortho intramolecular Hbond substituents is 1. The molecule has 8 heterocycles. The Balaban J connectivity index is 0.564. The van der Waals surface area contributed by atoms with Crippen LogP contribution in [0.1, 0.15) is 120 Å². The molecule has 2 bridgehead atoms. The first-order valence-corrected chi connectivity index (χ1v) is 29.0. The van der Waals surface area contributed by atoms with Crippen LogP contribution in [0.25, 0.3) is 11.3 Å². The number of hydrogen-bond acceptors (Lipinski definition) is 16. The molecule has 79 heavy (non-hydrogen) atoms. The van der Waals surface area contributed by atoms with Gasteiger partial charge in [0.25, 0.3) is 0 Å². The van der Waals surface area contributed by atoms with Crippen molar-refractivity contribution < 1.29 is 38.2 Å². The number of alkyl halides is 1. The number of likely N-dealkylation sites (tertiary alicyclic amines) is 2. The Kier molecular flexibility index (Phi) is 14.9. The lowest BCUT2D eigenvalue weighted by molar-refractivity contribution is -0.141.